The number of rotatable bonds is 3. The summed E-state index contributed by atoms with van der Waals surface area (Å²) in [5.74, 6) is -0.314. The fourth-order valence-electron chi connectivity index (χ4n) is 1.07. The van der Waals surface area contributed by atoms with Gasteiger partial charge in [0, 0.05) is 15.8 Å². The van der Waals surface area contributed by atoms with Gasteiger partial charge in [0.05, 0.1) is 5.56 Å². The molecule has 5 heteroatoms. The van der Waals surface area contributed by atoms with Gasteiger partial charge >= 0.3 is 0 Å². The molecule has 0 saturated heterocycles. The van der Waals surface area contributed by atoms with E-state index in [1.54, 1.807) is 6.07 Å². The average molecular weight is 318 g/mol. The minimum atomic E-state index is -0.314. The predicted octanol–water partition coefficient (Wildman–Crippen LogP) is 1.64. The highest BCUT2D eigenvalue weighted by Crippen LogP contribution is 2.12. The Morgan fingerprint density at radius 2 is 2.27 bits per heavy atom. The Hall–Kier alpha value is -0.980. The second-order valence-corrected chi connectivity index (χ2v) is 4.46. The molecule has 0 atom stereocenters. The van der Waals surface area contributed by atoms with Gasteiger partial charge in [-0.15, -0.1) is 0 Å². The van der Waals surface area contributed by atoms with Crippen molar-refractivity contribution in [1.29, 1.82) is 0 Å². The van der Waals surface area contributed by atoms with Crippen LogP contribution in [0.4, 0.5) is 0 Å². The normalized spacial score (nSPS) is 10.1. The summed E-state index contributed by atoms with van der Waals surface area (Å²) >= 11 is 2.00. The van der Waals surface area contributed by atoms with E-state index in [9.17, 15) is 9.59 Å². The zero-order valence-electron chi connectivity index (χ0n) is 8.45. The summed E-state index contributed by atoms with van der Waals surface area (Å²) in [5.41, 5.74) is 0.529. The number of carbonyl (C=O) groups is 2. The van der Waals surface area contributed by atoms with Gasteiger partial charge < -0.3 is 5.32 Å². The van der Waals surface area contributed by atoms with E-state index in [0.717, 1.165) is 3.57 Å². The first kappa shape index (κ1) is 12.1. The number of pyridine rings is 1. The highest BCUT2D eigenvalue weighted by Gasteiger charge is 2.15. The van der Waals surface area contributed by atoms with E-state index >= 15 is 0 Å². The molecule has 0 spiro atoms. The van der Waals surface area contributed by atoms with Gasteiger partial charge in [-0.3, -0.25) is 14.6 Å². The van der Waals surface area contributed by atoms with Gasteiger partial charge in [-0.2, -0.15) is 0 Å². The molecule has 0 aliphatic rings. The lowest BCUT2D eigenvalue weighted by Crippen LogP contribution is -2.31. The van der Waals surface area contributed by atoms with Crippen molar-refractivity contribution in [3.63, 3.8) is 0 Å². The Kier molecular flexibility index (Phi) is 4.19. The van der Waals surface area contributed by atoms with E-state index in [4.69, 9.17) is 0 Å². The first-order valence-electron chi connectivity index (χ1n) is 4.46. The summed E-state index contributed by atoms with van der Waals surface area (Å²) in [4.78, 5) is 26.4. The molecule has 15 heavy (non-hydrogen) atoms. The Bertz CT molecular complexity index is 391. The molecule has 0 aromatic carbocycles. The third-order valence-electron chi connectivity index (χ3n) is 1.69. The Balaban J connectivity index is 3.08. The average Bonchev–Trinajstić information content (AvgIpc) is 2.16. The first-order chi connectivity index (χ1) is 7.06. The summed E-state index contributed by atoms with van der Waals surface area (Å²) in [6.45, 7) is 3.71. The SMILES string of the molecule is CC(C)NC(=O)c1nccc(I)c1C=O. The molecule has 0 fully saturated rings. The fraction of sp³-hybridized carbons (Fsp3) is 0.300. The molecule has 4 nitrogen and oxygen atoms in total. The molecule has 1 rings (SSSR count). The van der Waals surface area contributed by atoms with Crippen molar-refractivity contribution in [3.8, 4) is 0 Å². The molecule has 0 saturated carbocycles. The van der Waals surface area contributed by atoms with Crippen LogP contribution < -0.4 is 5.32 Å². The maximum Gasteiger partial charge on any atom is 0.270 e. The second kappa shape index (κ2) is 5.20. The predicted molar refractivity (Wildman–Crippen MR) is 64.9 cm³/mol. The minimum absolute atomic E-state index is 0.0247. The van der Waals surface area contributed by atoms with Gasteiger partial charge in [0.15, 0.2) is 6.29 Å². The van der Waals surface area contributed by atoms with Crippen molar-refractivity contribution in [1.82, 2.24) is 10.3 Å². The molecule has 1 aromatic heterocycles. The number of hydrogen-bond acceptors (Lipinski definition) is 3. The highest BCUT2D eigenvalue weighted by atomic mass is 127. The summed E-state index contributed by atoms with van der Waals surface area (Å²) < 4.78 is 0.728. The van der Waals surface area contributed by atoms with Crippen LogP contribution in [0.1, 0.15) is 34.7 Å². The second-order valence-electron chi connectivity index (χ2n) is 3.30. The van der Waals surface area contributed by atoms with Crippen LogP contribution in [0.2, 0.25) is 0 Å². The quantitative estimate of drug-likeness (QED) is 0.681. The van der Waals surface area contributed by atoms with Crippen LogP contribution >= 0.6 is 22.6 Å². The lowest BCUT2D eigenvalue weighted by atomic mass is 10.2. The molecule has 0 aliphatic heterocycles. The molecule has 1 heterocycles. The summed E-state index contributed by atoms with van der Waals surface area (Å²) in [6.07, 6.45) is 2.17. The van der Waals surface area contributed by atoms with E-state index < -0.39 is 0 Å². The smallest absolute Gasteiger partial charge is 0.270 e. The van der Waals surface area contributed by atoms with E-state index in [1.165, 1.54) is 6.20 Å². The van der Waals surface area contributed by atoms with Crippen LogP contribution in [-0.2, 0) is 0 Å². The minimum Gasteiger partial charge on any atom is -0.349 e. The third kappa shape index (κ3) is 2.98. The topological polar surface area (TPSA) is 59.1 Å². The number of hydrogen-bond donors (Lipinski definition) is 1. The fourth-order valence-corrected chi connectivity index (χ4v) is 1.62. The number of carbonyl (C=O) groups excluding carboxylic acids is 2. The van der Waals surface area contributed by atoms with Gasteiger partial charge in [-0.25, -0.2) is 0 Å². The third-order valence-corrected chi connectivity index (χ3v) is 2.63. The van der Waals surface area contributed by atoms with Crippen LogP contribution in [0.15, 0.2) is 12.3 Å². The monoisotopic (exact) mass is 318 g/mol. The lowest BCUT2D eigenvalue weighted by molar-refractivity contribution is 0.0932. The number of aldehydes is 1. The molecule has 0 bridgehead atoms. The molecule has 1 N–H and O–H groups in total. The van der Waals surface area contributed by atoms with Gasteiger partial charge in [0.1, 0.15) is 5.69 Å². The van der Waals surface area contributed by atoms with Crippen LogP contribution in [0.5, 0.6) is 0 Å². The van der Waals surface area contributed by atoms with Crippen molar-refractivity contribution < 1.29 is 9.59 Å². The summed E-state index contributed by atoms with van der Waals surface area (Å²) in [6, 6.07) is 1.72. The molecule has 0 radical (unpaired) electrons. The zero-order chi connectivity index (χ0) is 11.4. The van der Waals surface area contributed by atoms with Gasteiger partial charge in [-0.05, 0) is 42.5 Å². The van der Waals surface area contributed by atoms with E-state index in [-0.39, 0.29) is 17.6 Å². The number of nitrogens with one attached hydrogen (secondary N) is 1. The Morgan fingerprint density at radius 1 is 1.60 bits per heavy atom. The first-order valence-corrected chi connectivity index (χ1v) is 5.54. The van der Waals surface area contributed by atoms with Gasteiger partial charge in [0.2, 0.25) is 0 Å². The maximum absolute atomic E-state index is 11.7. The number of nitrogens with zero attached hydrogens (tertiary/aromatic N) is 1. The molecule has 0 unspecified atom stereocenters. The van der Waals surface area contributed by atoms with Crippen molar-refractivity contribution >= 4 is 34.8 Å². The van der Waals surface area contributed by atoms with Crippen LogP contribution in [0, 0.1) is 3.57 Å². The van der Waals surface area contributed by atoms with E-state index in [1.807, 2.05) is 36.4 Å². The van der Waals surface area contributed by atoms with Crippen molar-refractivity contribution in [2.45, 2.75) is 19.9 Å². The van der Waals surface area contributed by atoms with Crippen LogP contribution in [0.3, 0.4) is 0 Å². The Morgan fingerprint density at radius 3 is 2.80 bits per heavy atom. The van der Waals surface area contributed by atoms with Crippen LogP contribution in [-0.4, -0.2) is 23.2 Å². The number of amides is 1. The molecular weight excluding hydrogens is 307 g/mol. The van der Waals surface area contributed by atoms with Crippen molar-refractivity contribution in [3.05, 3.63) is 27.1 Å². The van der Waals surface area contributed by atoms with E-state index in [2.05, 4.69) is 10.3 Å². The number of aromatic nitrogens is 1. The molecule has 1 amide bonds. The van der Waals surface area contributed by atoms with Gasteiger partial charge in [-0.1, -0.05) is 0 Å². The van der Waals surface area contributed by atoms with Crippen molar-refractivity contribution in [2.24, 2.45) is 0 Å². The zero-order valence-corrected chi connectivity index (χ0v) is 10.6. The highest BCUT2D eigenvalue weighted by molar-refractivity contribution is 14.1. The molecule has 80 valence electrons. The lowest BCUT2D eigenvalue weighted by Gasteiger charge is -2.09. The summed E-state index contributed by atoms with van der Waals surface area (Å²) in [5, 5.41) is 2.70. The maximum atomic E-state index is 11.7. The van der Waals surface area contributed by atoms with E-state index in [0.29, 0.717) is 11.8 Å². The Labute approximate surface area is 102 Å². The standard InChI is InChI=1S/C10H11IN2O2/c1-6(2)13-10(15)9-7(5-14)8(11)3-4-12-9/h3-6H,1-2H3,(H,13,15). The van der Waals surface area contributed by atoms with Crippen LogP contribution in [0.25, 0.3) is 0 Å². The summed E-state index contributed by atoms with van der Waals surface area (Å²) in [7, 11) is 0. The largest absolute Gasteiger partial charge is 0.349 e. The van der Waals surface area contributed by atoms with Gasteiger partial charge in [0.25, 0.3) is 5.91 Å². The number of halogens is 1. The molecule has 1 aromatic rings. The van der Waals surface area contributed by atoms with Crippen molar-refractivity contribution in [2.75, 3.05) is 0 Å². The molecular formula is C10H11IN2O2. The molecule has 0 aliphatic carbocycles.